The van der Waals surface area contributed by atoms with Gasteiger partial charge in [-0.3, -0.25) is 24.7 Å². The second kappa shape index (κ2) is 8.06. The van der Waals surface area contributed by atoms with Gasteiger partial charge in [-0.05, 0) is 36.5 Å². The van der Waals surface area contributed by atoms with Crippen molar-refractivity contribution in [3.63, 3.8) is 0 Å². The first kappa shape index (κ1) is 20.3. The van der Waals surface area contributed by atoms with Crippen molar-refractivity contribution in [3.8, 4) is 5.75 Å². The molecule has 1 spiro atoms. The van der Waals surface area contributed by atoms with E-state index in [0.29, 0.717) is 36.6 Å². The maximum atomic E-state index is 13.1. The molecule has 30 heavy (non-hydrogen) atoms. The largest absolute Gasteiger partial charge is 0.495 e. The molecule has 0 aliphatic carbocycles. The number of piperidine rings is 1. The molecule has 3 saturated heterocycles. The predicted octanol–water partition coefficient (Wildman–Crippen LogP) is 0.878. The quantitative estimate of drug-likeness (QED) is 0.718. The van der Waals surface area contributed by atoms with Crippen LogP contribution in [0.3, 0.4) is 0 Å². The van der Waals surface area contributed by atoms with Crippen molar-refractivity contribution >= 4 is 29.8 Å². The molecule has 3 fully saturated rings. The zero-order valence-corrected chi connectivity index (χ0v) is 17.1. The number of carbonyl (C=O) groups excluding carboxylic acids is 4. The van der Waals surface area contributed by atoms with Crippen molar-refractivity contribution < 1.29 is 23.9 Å². The molecule has 3 heterocycles. The predicted molar refractivity (Wildman–Crippen MR) is 109 cm³/mol. The highest BCUT2D eigenvalue weighted by Gasteiger charge is 2.45. The van der Waals surface area contributed by atoms with E-state index in [4.69, 9.17) is 4.74 Å². The number of carbonyl (C=O) groups is 4. The molecule has 0 radical (unpaired) electrons. The van der Waals surface area contributed by atoms with Crippen LogP contribution in [0, 0.1) is 5.41 Å². The Morgan fingerprint density at radius 2 is 1.93 bits per heavy atom. The van der Waals surface area contributed by atoms with Crippen LogP contribution in [0.15, 0.2) is 18.2 Å². The van der Waals surface area contributed by atoms with E-state index in [2.05, 4.69) is 10.2 Å². The number of nitrogens with one attached hydrogen (secondary N) is 1. The van der Waals surface area contributed by atoms with Gasteiger partial charge in [0.2, 0.25) is 5.91 Å². The summed E-state index contributed by atoms with van der Waals surface area (Å²) in [6.45, 7) is 3.91. The van der Waals surface area contributed by atoms with Crippen LogP contribution >= 0.6 is 0 Å². The summed E-state index contributed by atoms with van der Waals surface area (Å²) in [5.74, 6) is 0.0806. The number of rotatable bonds is 5. The summed E-state index contributed by atoms with van der Waals surface area (Å²) in [7, 11) is 1.50. The number of likely N-dealkylation sites (tertiary alicyclic amines) is 2. The summed E-state index contributed by atoms with van der Waals surface area (Å²) < 4.78 is 5.37. The molecule has 0 unspecified atom stereocenters. The fourth-order valence-electron chi connectivity index (χ4n) is 4.65. The van der Waals surface area contributed by atoms with E-state index in [1.165, 1.54) is 12.0 Å². The van der Waals surface area contributed by atoms with E-state index >= 15 is 0 Å². The lowest BCUT2D eigenvalue weighted by Gasteiger charge is -2.53. The number of amides is 4. The smallest absolute Gasteiger partial charge is 0.328 e. The maximum Gasteiger partial charge on any atom is 0.328 e. The molecule has 0 aromatic heterocycles. The highest BCUT2D eigenvalue weighted by Crippen LogP contribution is 2.40. The molecule has 3 aliphatic heterocycles. The average Bonchev–Trinajstić information content (AvgIpc) is 2.72. The van der Waals surface area contributed by atoms with Crippen molar-refractivity contribution in [3.05, 3.63) is 23.8 Å². The number of imide groups is 1. The highest BCUT2D eigenvalue weighted by molar-refractivity contribution is 6.07. The lowest BCUT2D eigenvalue weighted by Crippen LogP contribution is -2.60. The first-order valence-corrected chi connectivity index (χ1v) is 10.2. The van der Waals surface area contributed by atoms with Gasteiger partial charge in [0.05, 0.1) is 19.3 Å². The third-order valence-electron chi connectivity index (χ3n) is 6.33. The molecular weight excluding hydrogens is 388 g/mol. The molecule has 0 bridgehead atoms. The minimum Gasteiger partial charge on any atom is -0.495 e. The van der Waals surface area contributed by atoms with E-state index < -0.39 is 6.03 Å². The monoisotopic (exact) mass is 414 g/mol. The molecule has 9 nitrogen and oxygen atoms in total. The minimum absolute atomic E-state index is 0.0775. The van der Waals surface area contributed by atoms with Crippen molar-refractivity contribution in [1.29, 1.82) is 0 Å². The third kappa shape index (κ3) is 3.77. The van der Waals surface area contributed by atoms with Gasteiger partial charge in [-0.25, -0.2) is 4.79 Å². The molecule has 160 valence electrons. The fraction of sp³-hybridized carbons (Fsp3) is 0.524. The minimum atomic E-state index is -0.515. The van der Waals surface area contributed by atoms with Gasteiger partial charge in [0.1, 0.15) is 12.0 Å². The standard InChI is InChI=1S/C21H26N4O5/c1-30-17-3-2-15(12-16(17)25-7-4-18(27)22-20(25)29)19(28)24-8-5-21(6-9-24)13-23(14-21)10-11-26/h2-3,11-12H,4-10,13-14H2,1H3,(H,22,27,29). The molecule has 0 saturated carbocycles. The summed E-state index contributed by atoms with van der Waals surface area (Å²) in [4.78, 5) is 52.9. The van der Waals surface area contributed by atoms with Crippen LogP contribution in [0.5, 0.6) is 5.75 Å². The Kier molecular flexibility index (Phi) is 5.46. The fourth-order valence-corrected chi connectivity index (χ4v) is 4.65. The normalized spacial score (nSPS) is 21.2. The Labute approximate surface area is 174 Å². The molecule has 4 amide bonds. The van der Waals surface area contributed by atoms with Gasteiger partial charge in [-0.15, -0.1) is 0 Å². The average molecular weight is 414 g/mol. The van der Waals surface area contributed by atoms with Crippen LogP contribution in [-0.2, 0) is 9.59 Å². The van der Waals surface area contributed by atoms with Crippen molar-refractivity contribution in [2.75, 3.05) is 51.3 Å². The Balaban J connectivity index is 1.45. The summed E-state index contributed by atoms with van der Waals surface area (Å²) in [5, 5.41) is 2.30. The second-order valence-corrected chi connectivity index (χ2v) is 8.27. The Morgan fingerprint density at radius 1 is 1.20 bits per heavy atom. The maximum absolute atomic E-state index is 13.1. The number of benzene rings is 1. The zero-order chi connectivity index (χ0) is 21.3. The van der Waals surface area contributed by atoms with E-state index in [0.717, 1.165) is 32.2 Å². The van der Waals surface area contributed by atoms with Gasteiger partial charge in [0.15, 0.2) is 0 Å². The third-order valence-corrected chi connectivity index (χ3v) is 6.33. The first-order valence-electron chi connectivity index (χ1n) is 10.2. The number of anilines is 1. The van der Waals surface area contributed by atoms with Crippen LogP contribution in [0.2, 0.25) is 0 Å². The summed E-state index contributed by atoms with van der Waals surface area (Å²) in [5.41, 5.74) is 1.19. The van der Waals surface area contributed by atoms with Crippen molar-refractivity contribution in [1.82, 2.24) is 15.1 Å². The summed E-state index contributed by atoms with van der Waals surface area (Å²) in [6, 6.07) is 4.53. The number of nitrogens with zero attached hydrogens (tertiary/aromatic N) is 3. The molecule has 9 heteroatoms. The number of aldehydes is 1. The van der Waals surface area contributed by atoms with Gasteiger partial charge < -0.3 is 14.4 Å². The Bertz CT molecular complexity index is 870. The van der Waals surface area contributed by atoms with E-state index in [9.17, 15) is 19.2 Å². The van der Waals surface area contributed by atoms with Crippen LogP contribution in [0.1, 0.15) is 29.6 Å². The van der Waals surface area contributed by atoms with Crippen molar-refractivity contribution in [2.45, 2.75) is 19.3 Å². The lowest BCUT2D eigenvalue weighted by atomic mass is 9.72. The topological polar surface area (TPSA) is 99.3 Å². The Hall–Kier alpha value is -2.94. The number of hydrogen-bond donors (Lipinski definition) is 1. The van der Waals surface area contributed by atoms with Gasteiger partial charge in [-0.1, -0.05) is 0 Å². The van der Waals surface area contributed by atoms with Gasteiger partial charge >= 0.3 is 6.03 Å². The van der Waals surface area contributed by atoms with E-state index in [1.807, 2.05) is 4.90 Å². The molecule has 1 aromatic carbocycles. The van der Waals surface area contributed by atoms with Gasteiger partial charge in [0, 0.05) is 44.7 Å². The number of hydrogen-bond acceptors (Lipinski definition) is 6. The van der Waals surface area contributed by atoms with Crippen LogP contribution in [0.4, 0.5) is 10.5 Å². The molecule has 1 aromatic rings. The summed E-state index contributed by atoms with van der Waals surface area (Å²) >= 11 is 0. The first-order chi connectivity index (χ1) is 14.4. The van der Waals surface area contributed by atoms with E-state index in [1.54, 1.807) is 18.2 Å². The number of ether oxygens (including phenoxy) is 1. The van der Waals surface area contributed by atoms with Gasteiger partial charge in [-0.2, -0.15) is 0 Å². The number of methoxy groups -OCH3 is 1. The van der Waals surface area contributed by atoms with Crippen LogP contribution in [0.25, 0.3) is 0 Å². The van der Waals surface area contributed by atoms with Crippen LogP contribution < -0.4 is 15.0 Å². The highest BCUT2D eigenvalue weighted by atomic mass is 16.5. The van der Waals surface area contributed by atoms with Gasteiger partial charge in [0.25, 0.3) is 5.91 Å². The van der Waals surface area contributed by atoms with Crippen LogP contribution in [-0.4, -0.2) is 80.3 Å². The van der Waals surface area contributed by atoms with E-state index in [-0.39, 0.29) is 30.2 Å². The second-order valence-electron chi connectivity index (χ2n) is 8.27. The molecule has 1 N–H and O–H groups in total. The van der Waals surface area contributed by atoms with Crippen molar-refractivity contribution in [2.24, 2.45) is 5.41 Å². The molecule has 4 rings (SSSR count). The SMILES string of the molecule is COc1ccc(C(=O)N2CCC3(CC2)CN(CC=O)C3)cc1N1CCC(=O)NC1=O. The lowest BCUT2D eigenvalue weighted by molar-refractivity contribution is -0.120. The number of urea groups is 1. The molecule has 0 atom stereocenters. The zero-order valence-electron chi connectivity index (χ0n) is 17.1. The summed E-state index contributed by atoms with van der Waals surface area (Å²) in [6.07, 6.45) is 2.98. The Morgan fingerprint density at radius 3 is 2.57 bits per heavy atom. The molecule has 3 aliphatic rings. The molecular formula is C21H26N4O5.